The monoisotopic (exact) mass is 216 g/mol. The summed E-state index contributed by atoms with van der Waals surface area (Å²) < 4.78 is 7.70. The molecule has 3 rings (SSSR count). The number of nitrogens with zero attached hydrogens (tertiary/aromatic N) is 1. The molecule has 0 bridgehead atoms. The molecule has 0 saturated carbocycles. The Bertz CT molecular complexity index is 444. The van der Waals surface area contributed by atoms with E-state index in [0.717, 1.165) is 31.7 Å². The molecule has 3 heteroatoms. The molecule has 0 aromatic carbocycles. The van der Waals surface area contributed by atoms with Gasteiger partial charge in [0.1, 0.15) is 5.76 Å². The van der Waals surface area contributed by atoms with Crippen LogP contribution >= 0.6 is 0 Å². The number of nitrogens with one attached hydrogen (secondary N) is 1. The molecule has 1 N–H and O–H groups in total. The van der Waals surface area contributed by atoms with Crippen molar-refractivity contribution >= 4 is 0 Å². The maximum absolute atomic E-state index is 5.36. The van der Waals surface area contributed by atoms with Crippen molar-refractivity contribution in [2.75, 3.05) is 6.54 Å². The zero-order valence-electron chi connectivity index (χ0n) is 9.23. The minimum absolute atomic E-state index is 0.467. The van der Waals surface area contributed by atoms with Crippen LogP contribution in [0, 0.1) is 0 Å². The molecule has 16 heavy (non-hydrogen) atoms. The summed E-state index contributed by atoms with van der Waals surface area (Å²) in [5.41, 5.74) is 1.40. The fraction of sp³-hybridized carbons (Fsp3) is 0.385. The quantitative estimate of drug-likeness (QED) is 0.853. The van der Waals surface area contributed by atoms with Gasteiger partial charge in [-0.1, -0.05) is 0 Å². The third-order valence-corrected chi connectivity index (χ3v) is 3.22. The van der Waals surface area contributed by atoms with Crippen molar-refractivity contribution in [1.29, 1.82) is 0 Å². The Kier molecular flexibility index (Phi) is 2.54. The third kappa shape index (κ3) is 1.78. The number of aromatic nitrogens is 1. The Balaban J connectivity index is 1.69. The van der Waals surface area contributed by atoms with Crippen molar-refractivity contribution < 1.29 is 4.42 Å². The van der Waals surface area contributed by atoms with Crippen LogP contribution in [0.25, 0.3) is 0 Å². The normalized spacial score (nSPS) is 19.6. The summed E-state index contributed by atoms with van der Waals surface area (Å²) in [6.07, 6.45) is 6.00. The summed E-state index contributed by atoms with van der Waals surface area (Å²) in [6, 6.07) is 8.80. The molecule has 84 valence electrons. The van der Waals surface area contributed by atoms with Crippen LogP contribution in [0.3, 0.4) is 0 Å². The number of hydrogen-bond acceptors (Lipinski definition) is 2. The Labute approximate surface area is 95.1 Å². The largest absolute Gasteiger partial charge is 0.469 e. The maximum atomic E-state index is 5.36. The highest BCUT2D eigenvalue weighted by molar-refractivity contribution is 5.14. The zero-order chi connectivity index (χ0) is 10.8. The average molecular weight is 216 g/mol. The van der Waals surface area contributed by atoms with Crippen LogP contribution in [0.5, 0.6) is 0 Å². The summed E-state index contributed by atoms with van der Waals surface area (Å²) in [7, 11) is 0. The van der Waals surface area contributed by atoms with Gasteiger partial charge in [0, 0.05) is 37.4 Å². The topological polar surface area (TPSA) is 30.1 Å². The van der Waals surface area contributed by atoms with E-state index in [2.05, 4.69) is 28.2 Å². The molecular formula is C13H16N2O. The molecule has 0 aliphatic carbocycles. The molecule has 0 saturated heterocycles. The molecule has 1 aliphatic rings. The van der Waals surface area contributed by atoms with Gasteiger partial charge in [0.05, 0.1) is 6.26 Å². The number of fused-ring (bicyclic) bond motifs is 1. The lowest BCUT2D eigenvalue weighted by Crippen LogP contribution is -2.33. The predicted octanol–water partition coefficient (Wildman–Crippen LogP) is 2.36. The van der Waals surface area contributed by atoms with Gasteiger partial charge in [-0.2, -0.15) is 0 Å². The van der Waals surface area contributed by atoms with Crippen molar-refractivity contribution in [3.63, 3.8) is 0 Å². The number of furan rings is 1. The summed E-state index contributed by atoms with van der Waals surface area (Å²) in [6.45, 7) is 2.14. The SMILES string of the molecule is c1coc(CCC2NCCn3cccc32)c1. The second-order valence-corrected chi connectivity index (χ2v) is 4.25. The fourth-order valence-corrected chi connectivity index (χ4v) is 2.40. The van der Waals surface area contributed by atoms with Gasteiger partial charge in [-0.25, -0.2) is 0 Å². The maximum Gasteiger partial charge on any atom is 0.103 e. The predicted molar refractivity (Wildman–Crippen MR) is 62.2 cm³/mol. The molecule has 2 aromatic heterocycles. The minimum Gasteiger partial charge on any atom is -0.469 e. The van der Waals surface area contributed by atoms with Crippen molar-refractivity contribution in [2.24, 2.45) is 0 Å². The molecule has 1 unspecified atom stereocenters. The molecule has 2 aromatic rings. The van der Waals surface area contributed by atoms with Crippen LogP contribution in [-0.2, 0) is 13.0 Å². The van der Waals surface area contributed by atoms with Gasteiger partial charge in [-0.15, -0.1) is 0 Å². The smallest absolute Gasteiger partial charge is 0.103 e. The molecule has 3 heterocycles. The van der Waals surface area contributed by atoms with E-state index >= 15 is 0 Å². The third-order valence-electron chi connectivity index (χ3n) is 3.22. The van der Waals surface area contributed by atoms with Crippen molar-refractivity contribution in [2.45, 2.75) is 25.4 Å². The highest BCUT2D eigenvalue weighted by atomic mass is 16.3. The number of rotatable bonds is 3. The first kappa shape index (κ1) is 9.73. The minimum atomic E-state index is 0.467. The first-order chi connectivity index (χ1) is 7.93. The number of aryl methyl sites for hydroxylation is 1. The Hall–Kier alpha value is -1.48. The van der Waals surface area contributed by atoms with Gasteiger partial charge in [-0.3, -0.25) is 0 Å². The second kappa shape index (κ2) is 4.18. The highest BCUT2D eigenvalue weighted by Crippen LogP contribution is 2.22. The van der Waals surface area contributed by atoms with E-state index in [1.165, 1.54) is 5.69 Å². The van der Waals surface area contributed by atoms with E-state index in [4.69, 9.17) is 4.42 Å². The Morgan fingerprint density at radius 2 is 2.38 bits per heavy atom. The second-order valence-electron chi connectivity index (χ2n) is 4.25. The van der Waals surface area contributed by atoms with Crippen LogP contribution < -0.4 is 5.32 Å². The molecule has 3 nitrogen and oxygen atoms in total. The lowest BCUT2D eigenvalue weighted by Gasteiger charge is -2.26. The van der Waals surface area contributed by atoms with Crippen LogP contribution in [-0.4, -0.2) is 11.1 Å². The van der Waals surface area contributed by atoms with Gasteiger partial charge in [0.15, 0.2) is 0 Å². The van der Waals surface area contributed by atoms with Crippen LogP contribution in [0.4, 0.5) is 0 Å². The fourth-order valence-electron chi connectivity index (χ4n) is 2.40. The Morgan fingerprint density at radius 3 is 3.25 bits per heavy atom. The summed E-state index contributed by atoms with van der Waals surface area (Å²) in [5.74, 6) is 1.07. The Morgan fingerprint density at radius 1 is 1.38 bits per heavy atom. The van der Waals surface area contributed by atoms with Gasteiger partial charge >= 0.3 is 0 Å². The van der Waals surface area contributed by atoms with Crippen LogP contribution in [0.2, 0.25) is 0 Å². The molecule has 0 amide bonds. The van der Waals surface area contributed by atoms with Gasteiger partial charge in [0.25, 0.3) is 0 Å². The van der Waals surface area contributed by atoms with E-state index in [1.807, 2.05) is 12.1 Å². The van der Waals surface area contributed by atoms with Gasteiger partial charge in [0.2, 0.25) is 0 Å². The molecule has 0 radical (unpaired) electrons. The van der Waals surface area contributed by atoms with E-state index in [0.29, 0.717) is 6.04 Å². The lowest BCUT2D eigenvalue weighted by molar-refractivity contribution is 0.392. The number of hydrogen-bond donors (Lipinski definition) is 1. The lowest BCUT2D eigenvalue weighted by atomic mass is 10.1. The van der Waals surface area contributed by atoms with Crippen LogP contribution in [0.1, 0.15) is 23.9 Å². The molecule has 1 aliphatic heterocycles. The average Bonchev–Trinajstić information content (AvgIpc) is 2.97. The first-order valence-corrected chi connectivity index (χ1v) is 5.84. The van der Waals surface area contributed by atoms with E-state index in [-0.39, 0.29) is 0 Å². The first-order valence-electron chi connectivity index (χ1n) is 5.84. The molecule has 0 spiro atoms. The van der Waals surface area contributed by atoms with Crippen LogP contribution in [0.15, 0.2) is 41.1 Å². The van der Waals surface area contributed by atoms with E-state index in [1.54, 1.807) is 6.26 Å². The van der Waals surface area contributed by atoms with Gasteiger partial charge < -0.3 is 14.3 Å². The van der Waals surface area contributed by atoms with E-state index < -0.39 is 0 Å². The standard InChI is InChI=1S/C13H16N2O/c1-4-13-12(14-7-9-15(13)8-1)6-5-11-3-2-10-16-11/h1-4,8,10,12,14H,5-7,9H2. The van der Waals surface area contributed by atoms with Gasteiger partial charge in [-0.05, 0) is 30.7 Å². The molecule has 1 atom stereocenters. The summed E-state index contributed by atoms with van der Waals surface area (Å²) in [5, 5.41) is 3.56. The summed E-state index contributed by atoms with van der Waals surface area (Å²) >= 11 is 0. The van der Waals surface area contributed by atoms with Crippen molar-refractivity contribution in [3.8, 4) is 0 Å². The molecule has 0 fully saturated rings. The molecular weight excluding hydrogens is 200 g/mol. The summed E-state index contributed by atoms with van der Waals surface area (Å²) in [4.78, 5) is 0. The van der Waals surface area contributed by atoms with E-state index in [9.17, 15) is 0 Å². The highest BCUT2D eigenvalue weighted by Gasteiger charge is 2.18. The zero-order valence-corrected chi connectivity index (χ0v) is 9.23. The van der Waals surface area contributed by atoms with Crippen molar-refractivity contribution in [3.05, 3.63) is 48.2 Å². The van der Waals surface area contributed by atoms with Crippen molar-refractivity contribution in [1.82, 2.24) is 9.88 Å².